The molecule has 0 saturated carbocycles. The van der Waals surface area contributed by atoms with Gasteiger partial charge in [-0.3, -0.25) is 0 Å². The van der Waals surface area contributed by atoms with Crippen LogP contribution in [0.3, 0.4) is 0 Å². The number of aliphatic hydroxyl groups is 3. The van der Waals surface area contributed by atoms with Crippen molar-refractivity contribution in [3.63, 3.8) is 0 Å². The monoisotopic (exact) mass is 336 g/mol. The van der Waals surface area contributed by atoms with E-state index in [4.69, 9.17) is 0 Å². The Kier molecular flexibility index (Phi) is 6.65. The van der Waals surface area contributed by atoms with Gasteiger partial charge in [0.05, 0.1) is 16.8 Å². The highest BCUT2D eigenvalue weighted by atomic mass is 16.3. The van der Waals surface area contributed by atoms with Gasteiger partial charge in [-0.2, -0.15) is 0 Å². The maximum atomic E-state index is 10.6. The zero-order valence-electron chi connectivity index (χ0n) is 16.5. The molecule has 0 atom stereocenters. The van der Waals surface area contributed by atoms with Crippen molar-refractivity contribution in [2.75, 3.05) is 0 Å². The number of hydrogen-bond donors (Lipinski definition) is 3. The molecule has 0 amide bonds. The van der Waals surface area contributed by atoms with Crippen molar-refractivity contribution in [2.45, 2.75) is 97.4 Å². The summed E-state index contributed by atoms with van der Waals surface area (Å²) in [5.41, 5.74) is 0.172. The Morgan fingerprint density at radius 1 is 0.667 bits per heavy atom. The molecule has 0 bridgehead atoms. The zero-order valence-corrected chi connectivity index (χ0v) is 16.5. The number of benzene rings is 1. The first-order chi connectivity index (χ1) is 10.8. The van der Waals surface area contributed by atoms with Crippen molar-refractivity contribution < 1.29 is 15.3 Å². The molecule has 0 radical (unpaired) electrons. The first-order valence-corrected chi connectivity index (χ1v) is 9.14. The standard InChI is InChI=1S/C21H36O3/c1-8-9-10-11-12-15-13-17(20(4,5)23)18(21(6,7)24)14-16(15)19(2,3)22/h13-14,22-24H,8-12H2,1-7H3. The maximum Gasteiger partial charge on any atom is 0.0844 e. The molecule has 1 rings (SSSR count). The molecule has 0 aromatic heterocycles. The Morgan fingerprint density at radius 2 is 1.12 bits per heavy atom. The van der Waals surface area contributed by atoms with Crippen LogP contribution in [0.4, 0.5) is 0 Å². The van der Waals surface area contributed by atoms with Gasteiger partial charge in [-0.05, 0) is 82.7 Å². The third kappa shape index (κ3) is 5.58. The van der Waals surface area contributed by atoms with Crippen LogP contribution in [0.25, 0.3) is 0 Å². The minimum absolute atomic E-state index is 0.671. The van der Waals surface area contributed by atoms with Crippen LogP contribution in [0, 0.1) is 0 Å². The van der Waals surface area contributed by atoms with Gasteiger partial charge in [0.2, 0.25) is 0 Å². The van der Waals surface area contributed by atoms with Gasteiger partial charge in [0.25, 0.3) is 0 Å². The Hall–Kier alpha value is -0.900. The van der Waals surface area contributed by atoms with E-state index < -0.39 is 16.8 Å². The van der Waals surface area contributed by atoms with Crippen molar-refractivity contribution in [1.82, 2.24) is 0 Å². The molecule has 1 aromatic rings. The van der Waals surface area contributed by atoms with Crippen LogP contribution in [-0.2, 0) is 23.2 Å². The summed E-state index contributed by atoms with van der Waals surface area (Å²) in [7, 11) is 0. The highest BCUT2D eigenvalue weighted by Gasteiger charge is 2.31. The Balaban J connectivity index is 3.45. The van der Waals surface area contributed by atoms with E-state index in [9.17, 15) is 15.3 Å². The van der Waals surface area contributed by atoms with E-state index in [1.807, 2.05) is 12.1 Å². The van der Waals surface area contributed by atoms with Crippen LogP contribution >= 0.6 is 0 Å². The molecule has 0 fully saturated rings. The topological polar surface area (TPSA) is 60.7 Å². The number of aryl methyl sites for hydroxylation is 1. The predicted octanol–water partition coefficient (Wildman–Crippen LogP) is 4.49. The summed E-state index contributed by atoms with van der Waals surface area (Å²) in [4.78, 5) is 0. The van der Waals surface area contributed by atoms with E-state index in [1.54, 1.807) is 41.5 Å². The van der Waals surface area contributed by atoms with E-state index in [0.717, 1.165) is 36.0 Å². The summed E-state index contributed by atoms with van der Waals surface area (Å²) in [5, 5.41) is 31.8. The second-order valence-corrected chi connectivity index (χ2v) is 8.54. The minimum Gasteiger partial charge on any atom is -0.386 e. The zero-order chi connectivity index (χ0) is 18.8. The van der Waals surface area contributed by atoms with Crippen LogP contribution in [0.15, 0.2) is 12.1 Å². The number of rotatable bonds is 8. The fraction of sp³-hybridized carbons (Fsp3) is 0.714. The van der Waals surface area contributed by atoms with Crippen molar-refractivity contribution in [2.24, 2.45) is 0 Å². The molecule has 138 valence electrons. The average Bonchev–Trinajstić information content (AvgIpc) is 2.39. The second kappa shape index (κ2) is 7.55. The molecule has 0 spiro atoms. The quantitative estimate of drug-likeness (QED) is 0.613. The maximum absolute atomic E-state index is 10.6. The molecular formula is C21H36O3. The van der Waals surface area contributed by atoms with E-state index in [2.05, 4.69) is 6.92 Å². The minimum atomic E-state index is -1.09. The van der Waals surface area contributed by atoms with E-state index in [0.29, 0.717) is 5.56 Å². The molecule has 3 nitrogen and oxygen atoms in total. The molecule has 3 heteroatoms. The summed E-state index contributed by atoms with van der Waals surface area (Å²) in [5.74, 6) is 0. The second-order valence-electron chi connectivity index (χ2n) is 8.54. The molecular weight excluding hydrogens is 300 g/mol. The molecule has 0 aliphatic carbocycles. The smallest absolute Gasteiger partial charge is 0.0844 e. The van der Waals surface area contributed by atoms with Gasteiger partial charge in [0, 0.05) is 0 Å². The molecule has 0 aliphatic rings. The summed E-state index contributed by atoms with van der Waals surface area (Å²) >= 11 is 0. The molecule has 24 heavy (non-hydrogen) atoms. The van der Waals surface area contributed by atoms with E-state index in [1.165, 1.54) is 12.8 Å². The number of hydrogen-bond acceptors (Lipinski definition) is 3. The largest absolute Gasteiger partial charge is 0.386 e. The lowest BCUT2D eigenvalue weighted by Crippen LogP contribution is -2.28. The van der Waals surface area contributed by atoms with Crippen molar-refractivity contribution >= 4 is 0 Å². The highest BCUT2D eigenvalue weighted by molar-refractivity contribution is 5.45. The lowest BCUT2D eigenvalue weighted by atomic mass is 9.79. The van der Waals surface area contributed by atoms with Crippen LogP contribution in [0.1, 0.15) is 96.4 Å². The van der Waals surface area contributed by atoms with Gasteiger partial charge in [-0.15, -0.1) is 0 Å². The molecule has 0 saturated heterocycles. The SMILES string of the molecule is CCCCCCc1cc(C(C)(C)O)c(C(C)(C)O)cc1C(C)(C)O. The van der Waals surface area contributed by atoms with E-state index in [-0.39, 0.29) is 0 Å². The van der Waals surface area contributed by atoms with Gasteiger partial charge in [0.1, 0.15) is 0 Å². The summed E-state index contributed by atoms with van der Waals surface area (Å²) in [6, 6.07) is 3.86. The molecule has 0 heterocycles. The normalized spacial score (nSPS) is 13.4. The van der Waals surface area contributed by atoms with Gasteiger partial charge in [-0.1, -0.05) is 32.3 Å². The highest BCUT2D eigenvalue weighted by Crippen LogP contribution is 2.37. The fourth-order valence-corrected chi connectivity index (χ4v) is 3.18. The predicted molar refractivity (Wildman–Crippen MR) is 100 cm³/mol. The van der Waals surface area contributed by atoms with Crippen LogP contribution in [0.5, 0.6) is 0 Å². The first kappa shape index (κ1) is 21.1. The van der Waals surface area contributed by atoms with Crippen molar-refractivity contribution in [3.8, 4) is 0 Å². The molecule has 1 aromatic carbocycles. The van der Waals surface area contributed by atoms with Gasteiger partial charge >= 0.3 is 0 Å². The van der Waals surface area contributed by atoms with Crippen LogP contribution in [-0.4, -0.2) is 15.3 Å². The molecule has 0 aliphatic heterocycles. The van der Waals surface area contributed by atoms with Gasteiger partial charge in [-0.25, -0.2) is 0 Å². The summed E-state index contributed by atoms with van der Waals surface area (Å²) in [6.45, 7) is 12.6. The molecule has 0 unspecified atom stereocenters. The third-order valence-electron chi connectivity index (χ3n) is 4.52. The lowest BCUT2D eigenvalue weighted by molar-refractivity contribution is 0.0501. The van der Waals surface area contributed by atoms with Gasteiger partial charge in [0.15, 0.2) is 0 Å². The fourth-order valence-electron chi connectivity index (χ4n) is 3.18. The Morgan fingerprint density at radius 3 is 1.54 bits per heavy atom. The van der Waals surface area contributed by atoms with E-state index >= 15 is 0 Å². The lowest BCUT2D eigenvalue weighted by Gasteiger charge is -2.32. The van der Waals surface area contributed by atoms with Crippen LogP contribution in [0.2, 0.25) is 0 Å². The van der Waals surface area contributed by atoms with Crippen molar-refractivity contribution in [3.05, 3.63) is 34.4 Å². The Labute approximate surface area is 147 Å². The average molecular weight is 337 g/mol. The van der Waals surface area contributed by atoms with Crippen LogP contribution < -0.4 is 0 Å². The Bertz CT molecular complexity index is 540. The van der Waals surface area contributed by atoms with Gasteiger partial charge < -0.3 is 15.3 Å². The van der Waals surface area contributed by atoms with Crippen molar-refractivity contribution in [1.29, 1.82) is 0 Å². The first-order valence-electron chi connectivity index (χ1n) is 9.14. The summed E-state index contributed by atoms with van der Waals surface area (Å²) < 4.78 is 0. The molecule has 3 N–H and O–H groups in total. The third-order valence-corrected chi connectivity index (χ3v) is 4.52. The summed E-state index contributed by atoms with van der Waals surface area (Å²) in [6.07, 6.45) is 5.48. The number of unbranched alkanes of at least 4 members (excludes halogenated alkanes) is 3.